The van der Waals surface area contributed by atoms with Crippen LogP contribution in [0.15, 0.2) is 0 Å². The number of sulfonamides is 1. The highest BCUT2D eigenvalue weighted by atomic mass is 32.2. The van der Waals surface area contributed by atoms with E-state index >= 15 is 0 Å². The number of hydrogen-bond acceptors (Lipinski definition) is 4. The highest BCUT2D eigenvalue weighted by molar-refractivity contribution is 7.89. The standard InChI is InChI=1S/C12H25N3O2S/c1-11(12-3-4-12)14(2)18(16,17)10-9-15-7-5-13-6-8-15/h11-13H,3-10H2,1-2H3. The number of nitrogens with one attached hydrogen (secondary N) is 1. The van der Waals surface area contributed by atoms with Crippen molar-refractivity contribution < 1.29 is 8.42 Å². The molecule has 0 aromatic rings. The molecule has 1 saturated heterocycles. The Bertz CT molecular complexity index is 362. The molecular weight excluding hydrogens is 250 g/mol. The number of hydrogen-bond donors (Lipinski definition) is 1. The molecule has 1 N–H and O–H groups in total. The fraction of sp³-hybridized carbons (Fsp3) is 1.00. The number of nitrogens with zero attached hydrogens (tertiary/aromatic N) is 2. The van der Waals surface area contributed by atoms with Gasteiger partial charge in [0.25, 0.3) is 0 Å². The van der Waals surface area contributed by atoms with Gasteiger partial charge < -0.3 is 5.32 Å². The first-order chi connectivity index (χ1) is 8.50. The summed E-state index contributed by atoms with van der Waals surface area (Å²) in [5.74, 6) is 0.838. The Hall–Kier alpha value is -0.170. The van der Waals surface area contributed by atoms with E-state index in [2.05, 4.69) is 10.2 Å². The summed E-state index contributed by atoms with van der Waals surface area (Å²) in [5.41, 5.74) is 0. The largest absolute Gasteiger partial charge is 0.314 e. The van der Waals surface area contributed by atoms with Gasteiger partial charge in [-0.05, 0) is 25.7 Å². The zero-order valence-corrected chi connectivity index (χ0v) is 12.2. The lowest BCUT2D eigenvalue weighted by Crippen LogP contribution is -2.47. The van der Waals surface area contributed by atoms with Crippen LogP contribution in [0.3, 0.4) is 0 Å². The van der Waals surface area contributed by atoms with Gasteiger partial charge in [-0.2, -0.15) is 0 Å². The minimum atomic E-state index is -3.09. The predicted molar refractivity (Wildman–Crippen MR) is 73.0 cm³/mol. The summed E-state index contributed by atoms with van der Waals surface area (Å²) >= 11 is 0. The van der Waals surface area contributed by atoms with Crippen molar-refractivity contribution in [2.75, 3.05) is 45.5 Å². The quantitative estimate of drug-likeness (QED) is 0.738. The molecule has 106 valence electrons. The van der Waals surface area contributed by atoms with Gasteiger partial charge in [-0.3, -0.25) is 4.90 Å². The lowest BCUT2D eigenvalue weighted by molar-refractivity contribution is 0.251. The fourth-order valence-electron chi connectivity index (χ4n) is 2.45. The molecule has 0 bridgehead atoms. The molecule has 1 saturated carbocycles. The van der Waals surface area contributed by atoms with E-state index in [1.54, 1.807) is 11.4 Å². The first kappa shape index (κ1) is 14.2. The Labute approximate surface area is 111 Å². The van der Waals surface area contributed by atoms with E-state index in [-0.39, 0.29) is 11.8 Å². The maximum atomic E-state index is 12.2. The summed E-state index contributed by atoms with van der Waals surface area (Å²) in [6.07, 6.45) is 2.36. The van der Waals surface area contributed by atoms with Crippen LogP contribution in [0.2, 0.25) is 0 Å². The highest BCUT2D eigenvalue weighted by Gasteiger charge is 2.35. The van der Waals surface area contributed by atoms with Crippen molar-refractivity contribution in [2.45, 2.75) is 25.8 Å². The summed E-state index contributed by atoms with van der Waals surface area (Å²) in [6, 6.07) is 0.165. The van der Waals surface area contributed by atoms with E-state index in [1.807, 2.05) is 6.92 Å². The van der Waals surface area contributed by atoms with Gasteiger partial charge in [-0.25, -0.2) is 12.7 Å². The van der Waals surface area contributed by atoms with Crippen molar-refractivity contribution in [1.29, 1.82) is 0 Å². The van der Waals surface area contributed by atoms with Gasteiger partial charge in [0.2, 0.25) is 10.0 Å². The van der Waals surface area contributed by atoms with Crippen LogP contribution >= 0.6 is 0 Å². The van der Waals surface area contributed by atoms with Crippen molar-refractivity contribution in [1.82, 2.24) is 14.5 Å². The molecule has 1 aliphatic carbocycles. The van der Waals surface area contributed by atoms with Crippen LogP contribution in [0.25, 0.3) is 0 Å². The normalized spacial score (nSPS) is 24.4. The van der Waals surface area contributed by atoms with E-state index in [1.165, 1.54) is 12.8 Å². The average Bonchev–Trinajstić information content (AvgIpc) is 3.20. The SMILES string of the molecule is CC(C1CC1)N(C)S(=O)(=O)CCN1CCNCC1. The summed E-state index contributed by atoms with van der Waals surface area (Å²) in [7, 11) is -1.36. The van der Waals surface area contributed by atoms with Crippen LogP contribution in [-0.2, 0) is 10.0 Å². The van der Waals surface area contributed by atoms with Crippen molar-refractivity contribution >= 4 is 10.0 Å². The van der Waals surface area contributed by atoms with E-state index < -0.39 is 10.0 Å². The molecule has 0 aromatic carbocycles. The molecule has 1 heterocycles. The molecule has 6 heteroatoms. The summed E-state index contributed by atoms with van der Waals surface area (Å²) in [5, 5.41) is 3.27. The topological polar surface area (TPSA) is 52.7 Å². The molecule has 0 spiro atoms. The third kappa shape index (κ3) is 3.66. The van der Waals surface area contributed by atoms with Crippen LogP contribution in [-0.4, -0.2) is 69.2 Å². The van der Waals surface area contributed by atoms with Crippen molar-refractivity contribution in [3.05, 3.63) is 0 Å². The molecule has 0 amide bonds. The maximum absolute atomic E-state index is 12.2. The van der Waals surface area contributed by atoms with E-state index in [0.29, 0.717) is 12.5 Å². The lowest BCUT2D eigenvalue weighted by atomic mass is 10.2. The Morgan fingerprint density at radius 1 is 1.33 bits per heavy atom. The second kappa shape index (κ2) is 5.86. The molecule has 0 radical (unpaired) electrons. The summed E-state index contributed by atoms with van der Waals surface area (Å²) < 4.78 is 26.1. The summed E-state index contributed by atoms with van der Waals surface area (Å²) in [4.78, 5) is 2.23. The summed E-state index contributed by atoms with van der Waals surface area (Å²) in [6.45, 7) is 6.53. The zero-order chi connectivity index (χ0) is 13.2. The highest BCUT2D eigenvalue weighted by Crippen LogP contribution is 2.35. The van der Waals surface area contributed by atoms with Gasteiger partial charge in [-0.15, -0.1) is 0 Å². The molecule has 5 nitrogen and oxygen atoms in total. The third-order valence-corrected chi connectivity index (χ3v) is 6.10. The van der Waals surface area contributed by atoms with E-state index in [9.17, 15) is 8.42 Å². The minimum absolute atomic E-state index is 0.165. The van der Waals surface area contributed by atoms with Gasteiger partial charge in [-0.1, -0.05) is 0 Å². The Balaban J connectivity index is 1.81. The van der Waals surface area contributed by atoms with Gasteiger partial charge in [0.05, 0.1) is 5.75 Å². The molecule has 1 unspecified atom stereocenters. The molecule has 0 aromatic heterocycles. The molecule has 1 aliphatic heterocycles. The monoisotopic (exact) mass is 275 g/mol. The Morgan fingerprint density at radius 2 is 1.94 bits per heavy atom. The van der Waals surface area contributed by atoms with E-state index in [4.69, 9.17) is 0 Å². The van der Waals surface area contributed by atoms with Crippen LogP contribution in [0.4, 0.5) is 0 Å². The first-order valence-electron chi connectivity index (χ1n) is 6.89. The number of rotatable bonds is 6. The number of piperazine rings is 1. The molecule has 18 heavy (non-hydrogen) atoms. The lowest BCUT2D eigenvalue weighted by Gasteiger charge is -2.29. The van der Waals surface area contributed by atoms with Crippen LogP contribution in [0.1, 0.15) is 19.8 Å². The predicted octanol–water partition coefficient (Wildman–Crippen LogP) is -0.0483. The zero-order valence-electron chi connectivity index (χ0n) is 11.4. The Morgan fingerprint density at radius 3 is 2.50 bits per heavy atom. The van der Waals surface area contributed by atoms with Crippen molar-refractivity contribution in [3.8, 4) is 0 Å². The van der Waals surface area contributed by atoms with Gasteiger partial charge in [0.1, 0.15) is 0 Å². The third-order valence-electron chi connectivity index (χ3n) is 4.19. The van der Waals surface area contributed by atoms with Crippen molar-refractivity contribution in [2.24, 2.45) is 5.92 Å². The molecule has 1 atom stereocenters. The maximum Gasteiger partial charge on any atom is 0.215 e. The average molecular weight is 275 g/mol. The van der Waals surface area contributed by atoms with Gasteiger partial charge in [0.15, 0.2) is 0 Å². The molecule has 2 aliphatic rings. The van der Waals surface area contributed by atoms with E-state index in [0.717, 1.165) is 26.2 Å². The Kier molecular flexibility index (Phi) is 4.64. The van der Waals surface area contributed by atoms with Crippen molar-refractivity contribution in [3.63, 3.8) is 0 Å². The van der Waals surface area contributed by atoms with Crippen LogP contribution < -0.4 is 5.32 Å². The minimum Gasteiger partial charge on any atom is -0.314 e. The molecule has 2 rings (SSSR count). The van der Waals surface area contributed by atoms with Crippen LogP contribution in [0.5, 0.6) is 0 Å². The first-order valence-corrected chi connectivity index (χ1v) is 8.50. The smallest absolute Gasteiger partial charge is 0.215 e. The van der Waals surface area contributed by atoms with Gasteiger partial charge in [0, 0.05) is 45.8 Å². The molecular formula is C12H25N3O2S. The second-order valence-electron chi connectivity index (χ2n) is 5.50. The molecule has 2 fully saturated rings. The fourth-order valence-corrected chi connectivity index (χ4v) is 3.91. The van der Waals surface area contributed by atoms with Gasteiger partial charge >= 0.3 is 0 Å². The van der Waals surface area contributed by atoms with Crippen LogP contribution in [0, 0.1) is 5.92 Å². The second-order valence-corrected chi connectivity index (χ2v) is 7.65.